The van der Waals surface area contributed by atoms with Crippen molar-refractivity contribution in [3.05, 3.63) is 22.4 Å². The van der Waals surface area contributed by atoms with Gasteiger partial charge in [-0.25, -0.2) is 0 Å². The molecule has 1 N–H and O–H groups in total. The topological polar surface area (TPSA) is 49.4 Å². The maximum absolute atomic E-state index is 12.5. The van der Waals surface area contributed by atoms with E-state index in [-0.39, 0.29) is 24.2 Å². The van der Waals surface area contributed by atoms with Crippen LogP contribution in [0.4, 0.5) is 0 Å². The summed E-state index contributed by atoms with van der Waals surface area (Å²) in [4.78, 5) is 15.6. The Morgan fingerprint density at radius 3 is 2.85 bits per heavy atom. The lowest BCUT2D eigenvalue weighted by Gasteiger charge is -2.29. The number of nitrogens with zero attached hydrogens (tertiary/aromatic N) is 1. The van der Waals surface area contributed by atoms with Crippen LogP contribution in [0, 0.1) is 0 Å². The predicted molar refractivity (Wildman–Crippen MR) is 84.1 cm³/mol. The summed E-state index contributed by atoms with van der Waals surface area (Å²) in [5.74, 6) is 0.805. The average molecular weight is 314 g/mol. The van der Waals surface area contributed by atoms with Gasteiger partial charge in [-0.2, -0.15) is 0 Å². The molecule has 0 spiro atoms. The predicted octanol–water partition coefficient (Wildman–Crippen LogP) is 2.11. The van der Waals surface area contributed by atoms with E-state index in [0.29, 0.717) is 5.75 Å². The molecule has 1 aromatic rings. The van der Waals surface area contributed by atoms with Crippen molar-refractivity contribution >= 4 is 28.0 Å². The van der Waals surface area contributed by atoms with Gasteiger partial charge in [0.15, 0.2) is 0 Å². The van der Waals surface area contributed by atoms with Gasteiger partial charge >= 0.3 is 0 Å². The van der Waals surface area contributed by atoms with Crippen molar-refractivity contribution in [3.8, 4) is 0 Å². The van der Waals surface area contributed by atoms with Crippen LogP contribution in [0.15, 0.2) is 17.5 Å². The quantitative estimate of drug-likeness (QED) is 0.875. The normalized spacial score (nSPS) is 25.9. The SMILES string of the molecule is CCC1NC(c2cccs2)N(C(C)CCS(C)=O)C1=O. The highest BCUT2D eigenvalue weighted by atomic mass is 32.2. The number of amides is 1. The first-order valence-corrected chi connectivity index (χ1v) is 9.57. The fourth-order valence-corrected chi connectivity index (χ4v) is 4.01. The third kappa shape index (κ3) is 3.30. The molecule has 0 aliphatic carbocycles. The maximum Gasteiger partial charge on any atom is 0.241 e. The molecule has 0 saturated carbocycles. The molecule has 1 amide bonds. The van der Waals surface area contributed by atoms with Crippen molar-refractivity contribution in [1.29, 1.82) is 0 Å². The molecule has 0 bridgehead atoms. The number of rotatable bonds is 6. The van der Waals surface area contributed by atoms with E-state index in [4.69, 9.17) is 0 Å². The lowest BCUT2D eigenvalue weighted by molar-refractivity contribution is -0.132. The number of hydrogen-bond donors (Lipinski definition) is 1. The van der Waals surface area contributed by atoms with Gasteiger partial charge in [0.05, 0.1) is 6.04 Å². The van der Waals surface area contributed by atoms with Crippen LogP contribution in [-0.2, 0) is 15.6 Å². The fraction of sp³-hybridized carbons (Fsp3) is 0.643. The molecule has 4 nitrogen and oxygen atoms in total. The van der Waals surface area contributed by atoms with Crippen LogP contribution >= 0.6 is 11.3 Å². The second kappa shape index (κ2) is 6.83. The molecule has 0 radical (unpaired) electrons. The van der Waals surface area contributed by atoms with E-state index in [0.717, 1.165) is 12.8 Å². The van der Waals surface area contributed by atoms with Crippen molar-refractivity contribution in [2.24, 2.45) is 0 Å². The smallest absolute Gasteiger partial charge is 0.241 e. The first kappa shape index (κ1) is 15.7. The van der Waals surface area contributed by atoms with Crippen molar-refractivity contribution < 1.29 is 9.00 Å². The van der Waals surface area contributed by atoms with E-state index in [1.54, 1.807) is 17.6 Å². The summed E-state index contributed by atoms with van der Waals surface area (Å²) in [6.45, 7) is 4.07. The molecule has 2 rings (SSSR count). The first-order valence-electron chi connectivity index (χ1n) is 6.96. The van der Waals surface area contributed by atoms with Gasteiger partial charge in [0.2, 0.25) is 5.91 Å². The molecule has 4 unspecified atom stereocenters. The maximum atomic E-state index is 12.5. The molecule has 20 heavy (non-hydrogen) atoms. The molecule has 1 fully saturated rings. The van der Waals surface area contributed by atoms with Gasteiger partial charge in [0.25, 0.3) is 0 Å². The number of carbonyl (C=O) groups excluding carboxylic acids is 1. The van der Waals surface area contributed by atoms with Crippen LogP contribution in [0.5, 0.6) is 0 Å². The van der Waals surface area contributed by atoms with Crippen LogP contribution in [0.1, 0.15) is 37.7 Å². The Labute approximate surface area is 127 Å². The van der Waals surface area contributed by atoms with Gasteiger partial charge < -0.3 is 4.90 Å². The molecule has 4 atom stereocenters. The highest BCUT2D eigenvalue weighted by molar-refractivity contribution is 7.84. The zero-order valence-corrected chi connectivity index (χ0v) is 13.8. The fourth-order valence-electron chi connectivity index (χ4n) is 2.56. The number of hydrogen-bond acceptors (Lipinski definition) is 4. The average Bonchev–Trinajstić information content (AvgIpc) is 3.03. The molecular formula is C14H22N2O2S2. The van der Waals surface area contributed by atoms with Crippen molar-refractivity contribution in [2.45, 2.75) is 44.9 Å². The minimum Gasteiger partial charge on any atom is -0.318 e. The summed E-state index contributed by atoms with van der Waals surface area (Å²) in [7, 11) is -0.812. The van der Waals surface area contributed by atoms with Crippen LogP contribution in [-0.4, -0.2) is 39.1 Å². The van der Waals surface area contributed by atoms with Crippen molar-refractivity contribution in [2.75, 3.05) is 12.0 Å². The lowest BCUT2D eigenvalue weighted by Crippen LogP contribution is -2.39. The Kier molecular flexibility index (Phi) is 5.35. The zero-order chi connectivity index (χ0) is 14.7. The van der Waals surface area contributed by atoms with E-state index in [1.807, 2.05) is 30.2 Å². The molecule has 0 aromatic carbocycles. The number of nitrogens with one attached hydrogen (secondary N) is 1. The van der Waals surface area contributed by atoms with E-state index in [9.17, 15) is 9.00 Å². The zero-order valence-electron chi connectivity index (χ0n) is 12.2. The molecule has 2 heterocycles. The minimum atomic E-state index is -0.812. The second-order valence-electron chi connectivity index (χ2n) is 5.21. The van der Waals surface area contributed by atoms with Gasteiger partial charge in [0, 0.05) is 33.7 Å². The van der Waals surface area contributed by atoms with Gasteiger partial charge in [-0.15, -0.1) is 11.3 Å². The largest absolute Gasteiger partial charge is 0.318 e. The summed E-state index contributed by atoms with van der Waals surface area (Å²) >= 11 is 1.66. The number of thiophene rings is 1. The van der Waals surface area contributed by atoms with Crippen molar-refractivity contribution in [1.82, 2.24) is 10.2 Å². The summed E-state index contributed by atoms with van der Waals surface area (Å²) < 4.78 is 11.3. The summed E-state index contributed by atoms with van der Waals surface area (Å²) in [5.41, 5.74) is 0. The Balaban J connectivity index is 2.16. The molecular weight excluding hydrogens is 292 g/mol. The monoisotopic (exact) mass is 314 g/mol. The molecule has 112 valence electrons. The summed E-state index contributed by atoms with van der Waals surface area (Å²) in [6.07, 6.45) is 3.24. The second-order valence-corrected chi connectivity index (χ2v) is 7.74. The Hall–Kier alpha value is -0.720. The van der Waals surface area contributed by atoms with Crippen LogP contribution in [0.25, 0.3) is 0 Å². The van der Waals surface area contributed by atoms with Crippen LogP contribution < -0.4 is 5.32 Å². The highest BCUT2D eigenvalue weighted by Gasteiger charge is 2.41. The first-order chi connectivity index (χ1) is 9.54. The van der Waals surface area contributed by atoms with E-state index >= 15 is 0 Å². The molecule has 1 aliphatic heterocycles. The van der Waals surface area contributed by atoms with Crippen LogP contribution in [0.2, 0.25) is 0 Å². The Morgan fingerprint density at radius 2 is 2.30 bits per heavy atom. The lowest BCUT2D eigenvalue weighted by atomic mass is 10.2. The van der Waals surface area contributed by atoms with E-state index in [1.165, 1.54) is 4.88 Å². The molecule has 6 heteroatoms. The molecule has 1 aromatic heterocycles. The van der Waals surface area contributed by atoms with Gasteiger partial charge in [-0.3, -0.25) is 14.3 Å². The van der Waals surface area contributed by atoms with Gasteiger partial charge in [0.1, 0.15) is 6.17 Å². The third-order valence-corrected chi connectivity index (χ3v) is 5.44. The third-order valence-electron chi connectivity index (χ3n) is 3.71. The number of carbonyl (C=O) groups is 1. The van der Waals surface area contributed by atoms with Gasteiger partial charge in [-0.05, 0) is 31.2 Å². The highest BCUT2D eigenvalue weighted by Crippen LogP contribution is 2.31. The summed E-state index contributed by atoms with van der Waals surface area (Å²) in [5, 5.41) is 5.45. The van der Waals surface area contributed by atoms with Crippen LogP contribution in [0.3, 0.4) is 0 Å². The van der Waals surface area contributed by atoms with E-state index < -0.39 is 10.8 Å². The van der Waals surface area contributed by atoms with Gasteiger partial charge in [-0.1, -0.05) is 13.0 Å². The Bertz CT molecular complexity index is 476. The molecule has 1 aliphatic rings. The standard InChI is InChI=1S/C14H22N2O2S2/c1-4-11-14(17)16(10(2)7-9-20(3)18)13(15-11)12-6-5-8-19-12/h5-6,8,10-11,13,15H,4,7,9H2,1-3H3. The van der Waals surface area contributed by atoms with Crippen molar-refractivity contribution in [3.63, 3.8) is 0 Å². The molecule has 1 saturated heterocycles. The summed E-state index contributed by atoms with van der Waals surface area (Å²) in [6, 6.07) is 4.07. The van der Waals surface area contributed by atoms with E-state index in [2.05, 4.69) is 11.4 Å². The Morgan fingerprint density at radius 1 is 1.55 bits per heavy atom. The minimum absolute atomic E-state index is 0.0345.